The largest absolute Gasteiger partial charge is 0.339 e. The summed E-state index contributed by atoms with van der Waals surface area (Å²) in [5.41, 5.74) is 3.62. The fraction of sp³-hybridized carbons (Fsp3) is 0. The minimum Gasteiger partial charge on any atom is -0.339 e. The van der Waals surface area contributed by atoms with E-state index in [1.54, 1.807) is 18.6 Å². The van der Waals surface area contributed by atoms with E-state index in [2.05, 4.69) is 30.6 Å². The van der Waals surface area contributed by atoms with Crippen molar-refractivity contribution in [1.82, 2.24) is 19.9 Å². The van der Waals surface area contributed by atoms with Gasteiger partial charge in [0.2, 0.25) is 5.95 Å². The summed E-state index contributed by atoms with van der Waals surface area (Å²) in [6.45, 7) is 0. The van der Waals surface area contributed by atoms with Crippen LogP contribution in [0, 0.1) is 0 Å². The molecule has 134 valence electrons. The quantitative estimate of drug-likeness (QED) is 0.464. The van der Waals surface area contributed by atoms with Crippen LogP contribution in [0.15, 0.2) is 85.3 Å². The van der Waals surface area contributed by atoms with Gasteiger partial charge in [-0.3, -0.25) is 9.97 Å². The summed E-state index contributed by atoms with van der Waals surface area (Å²) in [4.78, 5) is 17.8. The fourth-order valence-corrected chi connectivity index (χ4v) is 3.04. The van der Waals surface area contributed by atoms with Crippen molar-refractivity contribution >= 4 is 44.9 Å². The second-order valence-corrected chi connectivity index (χ2v) is 6.35. The van der Waals surface area contributed by atoms with Gasteiger partial charge in [-0.2, -0.15) is 4.98 Å². The zero-order valence-corrected chi connectivity index (χ0v) is 14.9. The molecule has 0 fully saturated rings. The highest BCUT2D eigenvalue weighted by atomic mass is 15.1. The molecule has 0 spiro atoms. The number of rotatable bonds is 4. The molecule has 6 heteroatoms. The van der Waals surface area contributed by atoms with Crippen LogP contribution in [0.5, 0.6) is 0 Å². The first-order valence-corrected chi connectivity index (χ1v) is 8.90. The van der Waals surface area contributed by atoms with Gasteiger partial charge >= 0.3 is 0 Å². The van der Waals surface area contributed by atoms with Crippen molar-refractivity contribution in [2.75, 3.05) is 10.6 Å². The highest BCUT2D eigenvalue weighted by Crippen LogP contribution is 2.21. The van der Waals surface area contributed by atoms with Crippen LogP contribution in [0.2, 0.25) is 0 Å². The van der Waals surface area contributed by atoms with Gasteiger partial charge in [-0.15, -0.1) is 0 Å². The lowest BCUT2D eigenvalue weighted by atomic mass is 10.2. The third kappa shape index (κ3) is 3.31. The molecule has 0 aliphatic heterocycles. The smallest absolute Gasteiger partial charge is 0.229 e. The van der Waals surface area contributed by atoms with Crippen LogP contribution in [0.1, 0.15) is 0 Å². The Morgan fingerprint density at radius 1 is 0.607 bits per heavy atom. The Bertz CT molecular complexity index is 1190. The molecular formula is C22H16N6. The second kappa shape index (κ2) is 6.92. The topological polar surface area (TPSA) is 75.6 Å². The fourth-order valence-electron chi connectivity index (χ4n) is 3.04. The molecule has 0 aliphatic rings. The van der Waals surface area contributed by atoms with Crippen molar-refractivity contribution in [3.63, 3.8) is 0 Å². The standard InChI is InChI=1S/C22H16N6/c1-3-7-19-15(5-1)11-17(13-24-19)26-21-9-10-23-22(28-21)27-18-12-16-6-2-4-8-20(16)25-14-18/h1-14H,(H2,23,26,27,28). The summed E-state index contributed by atoms with van der Waals surface area (Å²) >= 11 is 0. The van der Waals surface area contributed by atoms with Gasteiger partial charge in [-0.05, 0) is 30.3 Å². The normalized spacial score (nSPS) is 10.9. The number of anilines is 4. The molecule has 3 heterocycles. The SMILES string of the molecule is c1ccc2ncc(Nc3ccnc(Nc4cnc5ccccc5c4)n3)cc2c1. The molecule has 0 unspecified atom stereocenters. The van der Waals surface area contributed by atoms with Gasteiger partial charge in [0.15, 0.2) is 0 Å². The van der Waals surface area contributed by atoms with E-state index in [1.807, 2.05) is 66.7 Å². The van der Waals surface area contributed by atoms with Crippen molar-refractivity contribution < 1.29 is 0 Å². The van der Waals surface area contributed by atoms with Crippen molar-refractivity contribution in [2.45, 2.75) is 0 Å². The zero-order chi connectivity index (χ0) is 18.8. The molecule has 6 nitrogen and oxygen atoms in total. The Morgan fingerprint density at radius 2 is 1.21 bits per heavy atom. The van der Waals surface area contributed by atoms with Crippen molar-refractivity contribution in [3.05, 3.63) is 85.3 Å². The van der Waals surface area contributed by atoms with Gasteiger partial charge in [-0.25, -0.2) is 4.98 Å². The number of nitrogens with one attached hydrogen (secondary N) is 2. The van der Waals surface area contributed by atoms with E-state index in [-0.39, 0.29) is 0 Å². The Kier molecular flexibility index (Phi) is 3.99. The molecule has 0 aliphatic carbocycles. The minimum absolute atomic E-state index is 0.496. The van der Waals surface area contributed by atoms with E-state index in [0.29, 0.717) is 11.8 Å². The molecule has 5 rings (SSSR count). The molecule has 28 heavy (non-hydrogen) atoms. The first kappa shape index (κ1) is 16.1. The van der Waals surface area contributed by atoms with Gasteiger partial charge in [0.25, 0.3) is 0 Å². The van der Waals surface area contributed by atoms with Crippen molar-refractivity contribution in [2.24, 2.45) is 0 Å². The maximum absolute atomic E-state index is 4.53. The Labute approximate surface area is 161 Å². The molecule has 5 aromatic rings. The number of hydrogen-bond acceptors (Lipinski definition) is 6. The van der Waals surface area contributed by atoms with Gasteiger partial charge in [0.1, 0.15) is 5.82 Å². The molecule has 0 bridgehead atoms. The van der Waals surface area contributed by atoms with Crippen LogP contribution in [0.3, 0.4) is 0 Å². The molecule has 0 saturated carbocycles. The molecule has 0 atom stereocenters. The van der Waals surface area contributed by atoms with Crippen LogP contribution in [0.4, 0.5) is 23.1 Å². The van der Waals surface area contributed by atoms with Crippen molar-refractivity contribution in [1.29, 1.82) is 0 Å². The average molecular weight is 364 g/mol. The van der Waals surface area contributed by atoms with Crippen LogP contribution >= 0.6 is 0 Å². The number of nitrogens with zero attached hydrogens (tertiary/aromatic N) is 4. The number of fused-ring (bicyclic) bond motifs is 2. The lowest BCUT2D eigenvalue weighted by Crippen LogP contribution is -2.01. The van der Waals surface area contributed by atoms with E-state index >= 15 is 0 Å². The third-order valence-corrected chi connectivity index (χ3v) is 4.37. The third-order valence-electron chi connectivity index (χ3n) is 4.37. The summed E-state index contributed by atoms with van der Waals surface area (Å²) < 4.78 is 0. The van der Waals surface area contributed by atoms with E-state index in [1.165, 1.54) is 0 Å². The highest BCUT2D eigenvalue weighted by Gasteiger charge is 2.04. The van der Waals surface area contributed by atoms with E-state index < -0.39 is 0 Å². The number of pyridine rings is 2. The predicted octanol–water partition coefficient (Wildman–Crippen LogP) is 5.06. The van der Waals surface area contributed by atoms with Crippen LogP contribution in [-0.4, -0.2) is 19.9 Å². The number of para-hydroxylation sites is 2. The summed E-state index contributed by atoms with van der Waals surface area (Å²) in [6.07, 6.45) is 5.28. The molecule has 2 N–H and O–H groups in total. The Hall–Kier alpha value is -4.06. The molecule has 0 saturated heterocycles. The number of hydrogen-bond donors (Lipinski definition) is 2. The Balaban J connectivity index is 1.39. The summed E-state index contributed by atoms with van der Waals surface area (Å²) in [5.74, 6) is 1.18. The van der Waals surface area contributed by atoms with Gasteiger partial charge in [-0.1, -0.05) is 36.4 Å². The van der Waals surface area contributed by atoms with E-state index in [4.69, 9.17) is 0 Å². The highest BCUT2D eigenvalue weighted by molar-refractivity contribution is 5.83. The van der Waals surface area contributed by atoms with Gasteiger partial charge in [0, 0.05) is 17.0 Å². The molecule has 0 radical (unpaired) electrons. The van der Waals surface area contributed by atoms with Crippen LogP contribution in [-0.2, 0) is 0 Å². The maximum Gasteiger partial charge on any atom is 0.229 e. The number of aromatic nitrogens is 4. The lowest BCUT2D eigenvalue weighted by molar-refractivity contribution is 1.16. The average Bonchev–Trinajstić information content (AvgIpc) is 2.74. The summed E-state index contributed by atoms with van der Waals surface area (Å²) in [6, 6.07) is 21.9. The van der Waals surface area contributed by atoms with Gasteiger partial charge < -0.3 is 10.6 Å². The predicted molar refractivity (Wildman–Crippen MR) is 112 cm³/mol. The van der Waals surface area contributed by atoms with Crippen LogP contribution < -0.4 is 10.6 Å². The summed E-state index contributed by atoms with van der Waals surface area (Å²) in [7, 11) is 0. The van der Waals surface area contributed by atoms with Gasteiger partial charge in [0.05, 0.1) is 34.8 Å². The summed E-state index contributed by atoms with van der Waals surface area (Å²) in [5, 5.41) is 8.62. The molecule has 0 amide bonds. The Morgan fingerprint density at radius 3 is 1.89 bits per heavy atom. The zero-order valence-electron chi connectivity index (χ0n) is 14.9. The minimum atomic E-state index is 0.496. The van der Waals surface area contributed by atoms with E-state index in [0.717, 1.165) is 33.2 Å². The molecule has 2 aromatic carbocycles. The lowest BCUT2D eigenvalue weighted by Gasteiger charge is -2.09. The molecule has 3 aromatic heterocycles. The van der Waals surface area contributed by atoms with Crippen molar-refractivity contribution in [3.8, 4) is 0 Å². The first-order chi connectivity index (χ1) is 13.8. The van der Waals surface area contributed by atoms with E-state index in [9.17, 15) is 0 Å². The maximum atomic E-state index is 4.53. The second-order valence-electron chi connectivity index (χ2n) is 6.35. The molecular weight excluding hydrogens is 348 g/mol. The monoisotopic (exact) mass is 364 g/mol. The number of benzene rings is 2. The van der Waals surface area contributed by atoms with Crippen LogP contribution in [0.25, 0.3) is 21.8 Å². The first-order valence-electron chi connectivity index (χ1n) is 8.90.